The van der Waals surface area contributed by atoms with Crippen molar-refractivity contribution in [2.24, 2.45) is 0 Å². The van der Waals surface area contributed by atoms with Gasteiger partial charge in [0.15, 0.2) is 0 Å². The Morgan fingerprint density at radius 2 is 1.01 bits per heavy atom. The van der Waals surface area contributed by atoms with Crippen molar-refractivity contribution < 1.29 is 28.6 Å². The smallest absolute Gasteiger partial charge is 0.121 e. The van der Waals surface area contributed by atoms with Gasteiger partial charge in [0, 0.05) is 41.0 Å². The summed E-state index contributed by atoms with van der Waals surface area (Å²) in [4.78, 5) is 10.2. The van der Waals surface area contributed by atoms with Crippen molar-refractivity contribution >= 4 is 44.0 Å². The van der Waals surface area contributed by atoms with Crippen molar-refractivity contribution in [1.29, 1.82) is 0 Å². The molecule has 0 spiro atoms. The largest absolute Gasteiger partial charge is 0.501 e. The van der Waals surface area contributed by atoms with E-state index in [0.29, 0.717) is 34.8 Å². The molecule has 3 aromatic heterocycles. The van der Waals surface area contributed by atoms with E-state index in [-0.39, 0.29) is 25.7 Å². The summed E-state index contributed by atoms with van der Waals surface area (Å²) < 4.78 is 34.5. The number of benzene rings is 8. The number of furan rings is 1. The molecule has 0 fully saturated rings. The van der Waals surface area contributed by atoms with Crippen molar-refractivity contribution in [2.45, 2.75) is 85.9 Å². The number of aromatic nitrogens is 4. The van der Waals surface area contributed by atoms with Crippen molar-refractivity contribution in [1.82, 2.24) is 19.1 Å². The van der Waals surface area contributed by atoms with Crippen LogP contribution in [0.1, 0.15) is 111 Å². The molecule has 0 N–H and O–H groups in total. The molecule has 0 bridgehead atoms. The first-order chi connectivity index (χ1) is 34.2. The van der Waals surface area contributed by atoms with Crippen LogP contribution in [0.3, 0.4) is 0 Å². The van der Waals surface area contributed by atoms with Crippen LogP contribution in [0.5, 0.6) is 0 Å². The van der Waals surface area contributed by atoms with Gasteiger partial charge < -0.3 is 13.6 Å². The molecule has 0 atom stereocenters. The molecule has 11 aromatic rings. The van der Waals surface area contributed by atoms with E-state index in [1.165, 1.54) is 39.1 Å². The average molecular weight is 1080 g/mol. The quantitative estimate of drug-likeness (QED) is 0.135. The summed E-state index contributed by atoms with van der Waals surface area (Å²) in [6.45, 7) is 15.7. The van der Waals surface area contributed by atoms with E-state index in [1.807, 2.05) is 42.5 Å². The normalized spacial score (nSPS) is 12.5. The zero-order valence-corrected chi connectivity index (χ0v) is 42.8. The third-order valence-corrected chi connectivity index (χ3v) is 13.1. The summed E-state index contributed by atoms with van der Waals surface area (Å²) >= 11 is 0. The van der Waals surface area contributed by atoms with Gasteiger partial charge in [0.25, 0.3) is 0 Å². The third kappa shape index (κ3) is 8.77. The molecule has 0 aliphatic rings. The number of rotatable bonds is 9. The standard InChI is InChI=1S/C32H29N2O.C31H29N2.Ir/c1-19(2)22-10-8-11-23(20(3)4)30(22)34-28-15-7-6-14-27(28)33-32(34)26-13-9-12-25-24-17-16-21(5)18-29(24)35-31(25)26;1-21(2)26-16-11-17-27(22(3)4)30(26)33-29-19-9-8-18-28(29)32-31(33)25-15-10-14-24(20-25)23-12-6-5-7-13-23;/h6-12,14-20H,1-5H3;5-14,16-22H,1-4H3;/q2*-1;/i5D3;;. The molecule has 0 saturated heterocycles. The fraction of sp³-hybridized carbons (Fsp3) is 0.206. The molecule has 0 amide bonds. The van der Waals surface area contributed by atoms with Crippen molar-refractivity contribution in [3.05, 3.63) is 204 Å². The summed E-state index contributed by atoms with van der Waals surface area (Å²) in [6, 6.07) is 62.6. The van der Waals surface area contributed by atoms with Crippen LogP contribution >= 0.6 is 0 Å². The van der Waals surface area contributed by atoms with Gasteiger partial charge in [0.1, 0.15) is 5.58 Å². The molecule has 0 saturated carbocycles. The van der Waals surface area contributed by atoms with Gasteiger partial charge in [-0.3, -0.25) is 9.97 Å². The second kappa shape index (κ2) is 19.6. The van der Waals surface area contributed by atoms with Gasteiger partial charge in [-0.2, -0.15) is 0 Å². The van der Waals surface area contributed by atoms with E-state index in [2.05, 4.69) is 186 Å². The van der Waals surface area contributed by atoms with Crippen molar-refractivity contribution in [2.75, 3.05) is 0 Å². The summed E-state index contributed by atoms with van der Waals surface area (Å²) in [5.41, 5.74) is 17.2. The topological polar surface area (TPSA) is 48.8 Å². The first-order valence-corrected chi connectivity index (χ1v) is 23.9. The predicted molar refractivity (Wildman–Crippen MR) is 284 cm³/mol. The maximum absolute atomic E-state index is 7.83. The van der Waals surface area contributed by atoms with Crippen LogP contribution in [0, 0.1) is 19.0 Å². The molecular formula is C63H58IrN4O-2. The van der Waals surface area contributed by atoms with Gasteiger partial charge in [-0.25, -0.2) is 0 Å². The Morgan fingerprint density at radius 1 is 0.493 bits per heavy atom. The Bertz CT molecular complexity index is 3680. The van der Waals surface area contributed by atoms with Gasteiger partial charge in [-0.05, 0) is 94.2 Å². The van der Waals surface area contributed by atoms with E-state index >= 15 is 0 Å². The maximum Gasteiger partial charge on any atom is 0.121 e. The molecule has 347 valence electrons. The number of aryl methyl sites for hydroxylation is 1. The zero-order chi connectivity index (χ0) is 49.7. The molecule has 3 heterocycles. The van der Waals surface area contributed by atoms with Crippen LogP contribution in [-0.2, 0) is 20.1 Å². The molecule has 69 heavy (non-hydrogen) atoms. The Labute approximate surface area is 424 Å². The Kier molecular flexibility index (Phi) is 12.4. The van der Waals surface area contributed by atoms with Crippen LogP contribution in [-0.4, -0.2) is 19.1 Å². The van der Waals surface area contributed by atoms with E-state index in [4.69, 9.17) is 18.5 Å². The summed E-state index contributed by atoms with van der Waals surface area (Å²) in [5, 5.41) is 1.78. The zero-order valence-electron chi connectivity index (χ0n) is 43.4. The molecule has 1 radical (unpaired) electrons. The van der Waals surface area contributed by atoms with E-state index in [1.54, 1.807) is 12.1 Å². The molecule has 0 unspecified atom stereocenters. The molecule has 5 nitrogen and oxygen atoms in total. The van der Waals surface area contributed by atoms with Crippen LogP contribution in [0.2, 0.25) is 0 Å². The number of imidazole rings is 2. The van der Waals surface area contributed by atoms with Crippen LogP contribution < -0.4 is 0 Å². The average Bonchev–Trinajstić information content (AvgIpc) is 4.07. The summed E-state index contributed by atoms with van der Waals surface area (Å²) in [5.74, 6) is 3.09. The minimum atomic E-state index is -2.20. The second-order valence-electron chi connectivity index (χ2n) is 19.0. The molecule has 0 aliphatic carbocycles. The number of fused-ring (bicyclic) bond motifs is 5. The summed E-state index contributed by atoms with van der Waals surface area (Å²) in [7, 11) is 0. The predicted octanol–water partition coefficient (Wildman–Crippen LogP) is 17.4. The van der Waals surface area contributed by atoms with Crippen molar-refractivity contribution in [3.63, 3.8) is 0 Å². The van der Waals surface area contributed by atoms with Gasteiger partial charge in [-0.1, -0.05) is 169 Å². The Balaban J connectivity index is 0.000000177. The Morgan fingerprint density at radius 3 is 1.58 bits per heavy atom. The second-order valence-corrected chi connectivity index (χ2v) is 19.0. The minimum absolute atomic E-state index is 0. The van der Waals surface area contributed by atoms with Gasteiger partial charge >= 0.3 is 0 Å². The van der Waals surface area contributed by atoms with Crippen LogP contribution in [0.25, 0.3) is 89.3 Å². The monoisotopic (exact) mass is 1080 g/mol. The summed E-state index contributed by atoms with van der Waals surface area (Å²) in [6.07, 6.45) is 0. The molecule has 0 aliphatic heterocycles. The molecule has 11 rings (SSSR count). The van der Waals surface area contributed by atoms with E-state index < -0.39 is 6.85 Å². The van der Waals surface area contributed by atoms with E-state index in [0.717, 1.165) is 61.3 Å². The third-order valence-electron chi connectivity index (χ3n) is 13.1. The first kappa shape index (κ1) is 43.4. The van der Waals surface area contributed by atoms with Crippen LogP contribution in [0.4, 0.5) is 0 Å². The van der Waals surface area contributed by atoms with Crippen LogP contribution in [0.15, 0.2) is 168 Å². The first-order valence-electron chi connectivity index (χ1n) is 25.4. The maximum atomic E-state index is 7.83. The fourth-order valence-electron chi connectivity index (χ4n) is 9.71. The number of hydrogen-bond donors (Lipinski definition) is 0. The number of para-hydroxylation sites is 6. The van der Waals surface area contributed by atoms with Gasteiger partial charge in [-0.15, -0.1) is 53.6 Å². The number of hydrogen-bond acceptors (Lipinski definition) is 3. The minimum Gasteiger partial charge on any atom is -0.501 e. The molecule has 6 heteroatoms. The molecule has 8 aromatic carbocycles. The number of nitrogens with zero attached hydrogens (tertiary/aromatic N) is 4. The van der Waals surface area contributed by atoms with E-state index in [9.17, 15) is 0 Å². The van der Waals surface area contributed by atoms with Gasteiger partial charge in [0.2, 0.25) is 0 Å². The fourth-order valence-corrected chi connectivity index (χ4v) is 9.71. The SMILES string of the molecule is CC(C)c1cccc(C(C)C)c1-n1c(-c2[c-]ccc(-c3ccccc3)c2)nc2ccccc21.[2H]C([2H])([2H])c1ccc2c(c1)oc1c(-c3nc4ccccc4n3-c3c(C(C)C)cccc3C(C)C)[c-]ccc12.[Ir]. The molecular weight excluding hydrogens is 1020 g/mol. The van der Waals surface area contributed by atoms with Gasteiger partial charge in [0.05, 0.1) is 39.3 Å². The van der Waals surface area contributed by atoms with Crippen molar-refractivity contribution in [3.8, 4) is 45.3 Å². The Hall–Kier alpha value is -6.85.